The molecule has 1 amide bonds. The van der Waals surface area contributed by atoms with Gasteiger partial charge >= 0.3 is 0 Å². The van der Waals surface area contributed by atoms with Crippen LogP contribution < -0.4 is 5.32 Å². The smallest absolute Gasteiger partial charge is 0.224 e. The van der Waals surface area contributed by atoms with Gasteiger partial charge in [-0.15, -0.1) is 11.3 Å². The summed E-state index contributed by atoms with van der Waals surface area (Å²) in [7, 11) is 0. The summed E-state index contributed by atoms with van der Waals surface area (Å²) in [5.41, 5.74) is 3.11. The molecular formula is C10H9ClN2OS. The van der Waals surface area contributed by atoms with Crippen LogP contribution in [0.5, 0.6) is 0 Å². The molecule has 0 fully saturated rings. The molecule has 2 rings (SSSR count). The van der Waals surface area contributed by atoms with Crippen LogP contribution in [0.4, 0.5) is 5.69 Å². The van der Waals surface area contributed by atoms with Crippen LogP contribution in [0.3, 0.4) is 0 Å². The van der Waals surface area contributed by atoms with E-state index >= 15 is 0 Å². The number of thiazole rings is 1. The third kappa shape index (κ3) is 1.96. The highest BCUT2D eigenvalue weighted by atomic mass is 35.5. The fourth-order valence-corrected chi connectivity index (χ4v) is 2.14. The number of hydrogen-bond donors (Lipinski definition) is 1. The van der Waals surface area contributed by atoms with Gasteiger partial charge in [0.25, 0.3) is 0 Å². The number of benzene rings is 1. The van der Waals surface area contributed by atoms with E-state index in [-0.39, 0.29) is 5.91 Å². The van der Waals surface area contributed by atoms with Crippen molar-refractivity contribution in [3.63, 3.8) is 0 Å². The first-order chi connectivity index (χ1) is 7.22. The standard InChI is InChI=1S/C10H9ClN2OS/c1-2-8(14)13-9-6(11)3-4-7-10(9)12-5-15-7/h3-5H,2H2,1H3,(H,13,14). The van der Waals surface area contributed by atoms with E-state index in [0.29, 0.717) is 17.1 Å². The van der Waals surface area contributed by atoms with Crippen LogP contribution in [0.15, 0.2) is 17.6 Å². The van der Waals surface area contributed by atoms with Gasteiger partial charge in [0.2, 0.25) is 5.91 Å². The zero-order valence-electron chi connectivity index (χ0n) is 8.08. The van der Waals surface area contributed by atoms with Crippen molar-refractivity contribution in [3.05, 3.63) is 22.7 Å². The van der Waals surface area contributed by atoms with E-state index in [1.165, 1.54) is 11.3 Å². The Kier molecular flexibility index (Phi) is 2.88. The minimum Gasteiger partial charge on any atom is -0.323 e. The molecule has 5 heteroatoms. The molecule has 1 aromatic carbocycles. The molecular weight excluding hydrogens is 232 g/mol. The van der Waals surface area contributed by atoms with Gasteiger partial charge in [-0.3, -0.25) is 4.79 Å². The summed E-state index contributed by atoms with van der Waals surface area (Å²) < 4.78 is 1.02. The second-order valence-electron chi connectivity index (χ2n) is 3.02. The zero-order valence-corrected chi connectivity index (χ0v) is 9.65. The number of nitrogens with one attached hydrogen (secondary N) is 1. The van der Waals surface area contributed by atoms with E-state index < -0.39 is 0 Å². The van der Waals surface area contributed by atoms with Gasteiger partial charge < -0.3 is 5.32 Å². The first-order valence-electron chi connectivity index (χ1n) is 4.54. The molecule has 0 aliphatic rings. The highest BCUT2D eigenvalue weighted by Crippen LogP contribution is 2.32. The number of anilines is 1. The number of aromatic nitrogens is 1. The van der Waals surface area contributed by atoms with E-state index in [4.69, 9.17) is 11.6 Å². The molecule has 0 aliphatic carbocycles. The number of nitrogens with zero attached hydrogens (tertiary/aromatic N) is 1. The van der Waals surface area contributed by atoms with Crippen molar-refractivity contribution in [2.75, 3.05) is 5.32 Å². The number of hydrogen-bond acceptors (Lipinski definition) is 3. The Labute approximate surface area is 96.1 Å². The summed E-state index contributed by atoms with van der Waals surface area (Å²) in [5.74, 6) is -0.0580. The van der Waals surface area contributed by atoms with Crippen LogP contribution in [0.25, 0.3) is 10.2 Å². The van der Waals surface area contributed by atoms with Crippen molar-refractivity contribution in [2.24, 2.45) is 0 Å². The van der Waals surface area contributed by atoms with Crippen LogP contribution in [0.1, 0.15) is 13.3 Å². The Morgan fingerprint density at radius 1 is 1.60 bits per heavy atom. The lowest BCUT2D eigenvalue weighted by Crippen LogP contribution is -2.10. The van der Waals surface area contributed by atoms with Gasteiger partial charge in [-0.2, -0.15) is 0 Å². The normalized spacial score (nSPS) is 10.5. The molecule has 1 aromatic heterocycles. The van der Waals surface area contributed by atoms with Gasteiger partial charge in [0.05, 0.1) is 20.9 Å². The first-order valence-corrected chi connectivity index (χ1v) is 5.79. The Morgan fingerprint density at radius 2 is 2.40 bits per heavy atom. The lowest BCUT2D eigenvalue weighted by atomic mass is 10.2. The van der Waals surface area contributed by atoms with Gasteiger partial charge in [-0.1, -0.05) is 18.5 Å². The molecule has 0 saturated carbocycles. The number of carbonyl (C=O) groups excluding carboxylic acids is 1. The van der Waals surface area contributed by atoms with Crippen LogP contribution in [0.2, 0.25) is 5.02 Å². The number of fused-ring (bicyclic) bond motifs is 1. The Hall–Kier alpha value is -1.13. The second kappa shape index (κ2) is 4.16. The molecule has 3 nitrogen and oxygen atoms in total. The number of halogens is 1. The van der Waals surface area contributed by atoms with Gasteiger partial charge in [0, 0.05) is 6.42 Å². The molecule has 78 valence electrons. The van der Waals surface area contributed by atoms with Gasteiger partial charge in [-0.25, -0.2) is 4.98 Å². The average Bonchev–Trinajstić information content (AvgIpc) is 2.70. The highest BCUT2D eigenvalue weighted by molar-refractivity contribution is 7.16. The average molecular weight is 241 g/mol. The van der Waals surface area contributed by atoms with E-state index in [1.54, 1.807) is 18.5 Å². The Balaban J connectivity index is 2.51. The predicted octanol–water partition coefficient (Wildman–Crippen LogP) is 3.30. The molecule has 1 heterocycles. The maximum atomic E-state index is 11.3. The quantitative estimate of drug-likeness (QED) is 0.875. The molecule has 2 aromatic rings. The van der Waals surface area contributed by atoms with Crippen molar-refractivity contribution in [1.82, 2.24) is 4.98 Å². The van der Waals surface area contributed by atoms with E-state index in [0.717, 1.165) is 10.2 Å². The second-order valence-corrected chi connectivity index (χ2v) is 4.32. The third-order valence-electron chi connectivity index (χ3n) is 2.04. The fraction of sp³-hybridized carbons (Fsp3) is 0.200. The zero-order chi connectivity index (χ0) is 10.8. The van der Waals surface area contributed by atoms with Crippen LogP contribution in [-0.4, -0.2) is 10.9 Å². The predicted molar refractivity (Wildman–Crippen MR) is 63.6 cm³/mol. The fourth-order valence-electron chi connectivity index (χ4n) is 1.25. The molecule has 0 radical (unpaired) electrons. The summed E-state index contributed by atoms with van der Waals surface area (Å²) in [6, 6.07) is 3.67. The van der Waals surface area contributed by atoms with Crippen molar-refractivity contribution in [1.29, 1.82) is 0 Å². The van der Waals surface area contributed by atoms with E-state index in [9.17, 15) is 4.79 Å². The van der Waals surface area contributed by atoms with E-state index in [2.05, 4.69) is 10.3 Å². The number of amides is 1. The first kappa shape index (κ1) is 10.4. The molecule has 0 atom stereocenters. The molecule has 0 spiro atoms. The topological polar surface area (TPSA) is 42.0 Å². The largest absolute Gasteiger partial charge is 0.323 e. The minimum absolute atomic E-state index is 0.0580. The molecule has 0 aliphatic heterocycles. The SMILES string of the molecule is CCC(=O)Nc1c(Cl)ccc2scnc12. The van der Waals surface area contributed by atoms with Crippen molar-refractivity contribution >= 4 is 44.7 Å². The van der Waals surface area contributed by atoms with Gasteiger partial charge in [-0.05, 0) is 12.1 Å². The van der Waals surface area contributed by atoms with E-state index in [1.807, 2.05) is 6.07 Å². The molecule has 1 N–H and O–H groups in total. The van der Waals surface area contributed by atoms with Gasteiger partial charge in [0.1, 0.15) is 5.52 Å². The lowest BCUT2D eigenvalue weighted by molar-refractivity contribution is -0.115. The Bertz CT molecular complexity index is 509. The van der Waals surface area contributed by atoms with Crippen molar-refractivity contribution < 1.29 is 4.79 Å². The molecule has 0 saturated heterocycles. The highest BCUT2D eigenvalue weighted by Gasteiger charge is 2.10. The summed E-state index contributed by atoms with van der Waals surface area (Å²) in [5, 5.41) is 3.29. The third-order valence-corrected chi connectivity index (χ3v) is 3.15. The maximum absolute atomic E-state index is 11.3. The lowest BCUT2D eigenvalue weighted by Gasteiger charge is -2.06. The number of rotatable bonds is 2. The maximum Gasteiger partial charge on any atom is 0.224 e. The monoisotopic (exact) mass is 240 g/mol. The Morgan fingerprint density at radius 3 is 3.13 bits per heavy atom. The minimum atomic E-state index is -0.0580. The molecule has 0 unspecified atom stereocenters. The molecule has 0 bridgehead atoms. The van der Waals surface area contributed by atoms with Crippen molar-refractivity contribution in [2.45, 2.75) is 13.3 Å². The van der Waals surface area contributed by atoms with Crippen LogP contribution in [0, 0.1) is 0 Å². The summed E-state index contributed by atoms with van der Waals surface area (Å²) in [4.78, 5) is 15.5. The number of carbonyl (C=O) groups is 1. The van der Waals surface area contributed by atoms with Crippen LogP contribution >= 0.6 is 22.9 Å². The summed E-state index contributed by atoms with van der Waals surface area (Å²) in [6.45, 7) is 1.80. The summed E-state index contributed by atoms with van der Waals surface area (Å²) >= 11 is 7.53. The molecule has 15 heavy (non-hydrogen) atoms. The van der Waals surface area contributed by atoms with Gasteiger partial charge in [0.15, 0.2) is 0 Å². The van der Waals surface area contributed by atoms with Crippen LogP contribution in [-0.2, 0) is 4.79 Å². The van der Waals surface area contributed by atoms with Crippen molar-refractivity contribution in [3.8, 4) is 0 Å². The summed E-state index contributed by atoms with van der Waals surface area (Å²) in [6.07, 6.45) is 0.427.